The van der Waals surface area contributed by atoms with Gasteiger partial charge in [-0.3, -0.25) is 4.79 Å². The highest BCUT2D eigenvalue weighted by Crippen LogP contribution is 2.42. The van der Waals surface area contributed by atoms with Crippen LogP contribution < -0.4 is 0 Å². The summed E-state index contributed by atoms with van der Waals surface area (Å²) in [5.41, 5.74) is 1.33. The minimum absolute atomic E-state index is 0.157. The topological polar surface area (TPSA) is 108 Å². The molecule has 1 N–H and O–H groups in total. The molecule has 2 aromatic rings. The number of hydrogen-bond acceptors (Lipinski definition) is 8. The number of carbonyl (C=O) groups excluding carboxylic acids is 1. The molecule has 3 heterocycles. The molecule has 2 saturated heterocycles. The second-order valence-electron chi connectivity index (χ2n) is 11.6. The zero-order valence-corrected chi connectivity index (χ0v) is 24.7. The standard InChI is InChI=1S/C33H46N4O5/c38-27-24-29(42-32-21-11-13-23-40-32)33(26(27)17-6-1-2-7-19-30-34-36-37-35-30)28(41-31-20-10-12-22-39-31)18-9-8-16-25-14-4-3-5-15-25/h1,3-6,14-15,18,26,29,31-33H,2,7-13,16-17,19-24H2,(H,34,35,36,37)/b6-1-,28-18?/t26-,29+,31?,32?,33+/m0/s1. The van der Waals surface area contributed by atoms with Crippen molar-refractivity contribution < 1.29 is 23.7 Å². The summed E-state index contributed by atoms with van der Waals surface area (Å²) in [5, 5.41) is 14.0. The average Bonchev–Trinajstić information content (AvgIpc) is 3.65. The van der Waals surface area contributed by atoms with Gasteiger partial charge in [0.15, 0.2) is 12.6 Å². The van der Waals surface area contributed by atoms with Gasteiger partial charge in [0, 0.05) is 31.8 Å². The Bertz CT molecular complexity index is 1110. The van der Waals surface area contributed by atoms with Gasteiger partial charge in [-0.2, -0.15) is 0 Å². The average molecular weight is 579 g/mol. The Morgan fingerprint density at radius 3 is 2.48 bits per heavy atom. The van der Waals surface area contributed by atoms with E-state index in [2.05, 4.69) is 69.2 Å². The number of hydrogen-bond donors (Lipinski definition) is 1. The molecule has 0 spiro atoms. The highest BCUT2D eigenvalue weighted by atomic mass is 16.7. The molecule has 0 amide bonds. The van der Waals surface area contributed by atoms with Crippen LogP contribution in [0.25, 0.3) is 0 Å². The lowest BCUT2D eigenvalue weighted by Gasteiger charge is -2.33. The molecule has 5 rings (SSSR count). The number of ether oxygens (including phenoxy) is 4. The zero-order chi connectivity index (χ0) is 28.8. The molecule has 1 aromatic carbocycles. The fourth-order valence-corrected chi connectivity index (χ4v) is 6.19. The third-order valence-corrected chi connectivity index (χ3v) is 8.44. The van der Waals surface area contributed by atoms with Gasteiger partial charge in [0.1, 0.15) is 17.4 Å². The second-order valence-corrected chi connectivity index (χ2v) is 11.6. The molecule has 3 fully saturated rings. The van der Waals surface area contributed by atoms with E-state index in [-0.39, 0.29) is 36.3 Å². The quantitative estimate of drug-likeness (QED) is 0.155. The Morgan fingerprint density at radius 1 is 0.952 bits per heavy atom. The van der Waals surface area contributed by atoms with Gasteiger partial charge < -0.3 is 18.9 Å². The van der Waals surface area contributed by atoms with Gasteiger partial charge in [-0.1, -0.05) is 42.5 Å². The first-order valence-corrected chi connectivity index (χ1v) is 16.0. The Kier molecular flexibility index (Phi) is 12.1. The summed E-state index contributed by atoms with van der Waals surface area (Å²) in [6, 6.07) is 10.6. The second kappa shape index (κ2) is 16.7. The van der Waals surface area contributed by atoms with Crippen LogP contribution in [0.4, 0.5) is 0 Å². The van der Waals surface area contributed by atoms with Gasteiger partial charge in [-0.15, -0.1) is 5.10 Å². The molecule has 1 aromatic heterocycles. The summed E-state index contributed by atoms with van der Waals surface area (Å²) in [5.74, 6) is 1.54. The normalized spacial score (nSPS) is 27.1. The first kappa shape index (κ1) is 30.6. The fraction of sp³-hybridized carbons (Fsp3) is 0.636. The van der Waals surface area contributed by atoms with Crippen LogP contribution in [0.5, 0.6) is 0 Å². The van der Waals surface area contributed by atoms with Gasteiger partial charge in [-0.25, -0.2) is 5.10 Å². The lowest BCUT2D eigenvalue weighted by atomic mass is 9.88. The maximum Gasteiger partial charge on any atom is 0.199 e. The van der Waals surface area contributed by atoms with E-state index in [1.54, 1.807) is 0 Å². The summed E-state index contributed by atoms with van der Waals surface area (Å²) in [4.78, 5) is 13.5. The van der Waals surface area contributed by atoms with Crippen LogP contribution in [0.3, 0.4) is 0 Å². The van der Waals surface area contributed by atoms with E-state index in [9.17, 15) is 4.79 Å². The molecular formula is C33H46N4O5. The predicted molar refractivity (Wildman–Crippen MR) is 158 cm³/mol. The number of aromatic nitrogens is 4. The molecule has 9 nitrogen and oxygen atoms in total. The molecule has 1 aliphatic carbocycles. The molecule has 3 aliphatic rings. The van der Waals surface area contributed by atoms with E-state index in [1.165, 1.54) is 5.56 Å². The number of Topliss-reactive ketones (excluding diaryl/α,β-unsaturated/α-hetero) is 1. The van der Waals surface area contributed by atoms with E-state index in [0.29, 0.717) is 26.1 Å². The van der Waals surface area contributed by atoms with Gasteiger partial charge in [0.2, 0.25) is 0 Å². The van der Waals surface area contributed by atoms with Crippen molar-refractivity contribution in [1.82, 2.24) is 20.6 Å². The number of H-pyrrole nitrogens is 1. The number of unbranched alkanes of at least 4 members (excludes halogenated alkanes) is 2. The number of aromatic amines is 1. The van der Waals surface area contributed by atoms with Crippen LogP contribution in [-0.2, 0) is 36.6 Å². The molecule has 1 saturated carbocycles. The number of aryl methyl sites for hydroxylation is 2. The highest BCUT2D eigenvalue weighted by molar-refractivity contribution is 5.85. The van der Waals surface area contributed by atoms with Gasteiger partial charge in [0.25, 0.3) is 0 Å². The Labute approximate surface area is 249 Å². The molecule has 0 bridgehead atoms. The predicted octanol–water partition coefficient (Wildman–Crippen LogP) is 6.04. The lowest BCUT2D eigenvalue weighted by Crippen LogP contribution is -2.34. The number of rotatable bonds is 15. The van der Waals surface area contributed by atoms with Gasteiger partial charge in [0.05, 0.1) is 18.6 Å². The van der Waals surface area contributed by atoms with Crippen LogP contribution in [0.15, 0.2) is 54.3 Å². The van der Waals surface area contributed by atoms with Gasteiger partial charge >= 0.3 is 0 Å². The maximum atomic E-state index is 13.5. The summed E-state index contributed by atoms with van der Waals surface area (Å²) in [6.45, 7) is 1.42. The minimum Gasteiger partial charge on any atom is -0.469 e. The first-order valence-electron chi connectivity index (χ1n) is 16.0. The molecule has 2 aliphatic heterocycles. The molecule has 2 unspecified atom stereocenters. The summed E-state index contributed by atoms with van der Waals surface area (Å²) in [6.07, 6.45) is 18.3. The van der Waals surface area contributed by atoms with Crippen molar-refractivity contribution in [3.05, 3.63) is 65.7 Å². The molecule has 5 atom stereocenters. The number of benzene rings is 1. The van der Waals surface area contributed by atoms with Crippen molar-refractivity contribution in [3.8, 4) is 0 Å². The Balaban J connectivity index is 1.29. The Hall–Kier alpha value is -2.88. The van der Waals surface area contributed by atoms with Crippen LogP contribution in [-0.4, -0.2) is 58.3 Å². The van der Waals surface area contributed by atoms with E-state index in [1.807, 2.05) is 0 Å². The minimum atomic E-state index is -0.275. The largest absolute Gasteiger partial charge is 0.469 e. The summed E-state index contributed by atoms with van der Waals surface area (Å²) < 4.78 is 25.1. The molecule has 42 heavy (non-hydrogen) atoms. The number of nitrogens with one attached hydrogen (secondary N) is 1. The number of ketones is 1. The third kappa shape index (κ3) is 9.31. The van der Waals surface area contributed by atoms with Crippen molar-refractivity contribution in [1.29, 1.82) is 0 Å². The van der Waals surface area contributed by atoms with Crippen molar-refractivity contribution >= 4 is 5.78 Å². The summed E-state index contributed by atoms with van der Waals surface area (Å²) >= 11 is 0. The van der Waals surface area contributed by atoms with E-state index in [4.69, 9.17) is 18.9 Å². The van der Waals surface area contributed by atoms with Crippen LogP contribution in [0.2, 0.25) is 0 Å². The third-order valence-electron chi connectivity index (χ3n) is 8.44. The van der Waals surface area contributed by atoms with Crippen molar-refractivity contribution in [2.24, 2.45) is 11.8 Å². The number of tetrazole rings is 1. The molecular weight excluding hydrogens is 532 g/mol. The van der Waals surface area contributed by atoms with E-state index >= 15 is 0 Å². The van der Waals surface area contributed by atoms with Crippen molar-refractivity contribution in [2.45, 2.75) is 109 Å². The summed E-state index contributed by atoms with van der Waals surface area (Å²) in [7, 11) is 0. The number of allylic oxidation sites excluding steroid dienone is 3. The van der Waals surface area contributed by atoms with E-state index in [0.717, 1.165) is 88.6 Å². The first-order chi connectivity index (χ1) is 20.8. The lowest BCUT2D eigenvalue weighted by molar-refractivity contribution is -0.200. The van der Waals surface area contributed by atoms with Gasteiger partial charge in [-0.05, 0) is 92.7 Å². The molecule has 0 radical (unpaired) electrons. The molecule has 228 valence electrons. The maximum absolute atomic E-state index is 13.5. The van der Waals surface area contributed by atoms with Crippen molar-refractivity contribution in [2.75, 3.05) is 13.2 Å². The van der Waals surface area contributed by atoms with Crippen LogP contribution >= 0.6 is 0 Å². The SMILES string of the molecule is O=C1C[C@@H](OC2CCCCO2)[C@@H](C(=CCCCc2ccccc2)OC2CCCCO2)[C@H]1C/C=C\CCCc1nnn[nH]1. The highest BCUT2D eigenvalue weighted by Gasteiger charge is 2.47. The number of nitrogens with zero attached hydrogens (tertiary/aromatic N) is 3. The number of carbonyl (C=O) groups is 1. The van der Waals surface area contributed by atoms with E-state index < -0.39 is 0 Å². The smallest absolute Gasteiger partial charge is 0.199 e. The monoisotopic (exact) mass is 578 g/mol. The Morgan fingerprint density at radius 2 is 1.74 bits per heavy atom. The van der Waals surface area contributed by atoms with Crippen LogP contribution in [0, 0.1) is 11.8 Å². The fourth-order valence-electron chi connectivity index (χ4n) is 6.19. The van der Waals surface area contributed by atoms with Crippen LogP contribution in [0.1, 0.15) is 88.4 Å². The van der Waals surface area contributed by atoms with Crippen molar-refractivity contribution in [3.63, 3.8) is 0 Å². The zero-order valence-electron chi connectivity index (χ0n) is 24.7. The molecule has 9 heteroatoms.